The second-order valence-electron chi connectivity index (χ2n) is 5.58. The maximum atomic E-state index is 13.9. The molecule has 0 atom stereocenters. The first-order valence-corrected chi connectivity index (χ1v) is 7.93. The number of hydrogen-bond donors (Lipinski definition) is 1. The van der Waals surface area contributed by atoms with Crippen LogP contribution in [0.4, 0.5) is 4.39 Å². The van der Waals surface area contributed by atoms with E-state index in [0.29, 0.717) is 0 Å². The Labute approximate surface area is 146 Å². The summed E-state index contributed by atoms with van der Waals surface area (Å²) in [7, 11) is 1.39. The molecular formula is C21H18FNO2. The van der Waals surface area contributed by atoms with Gasteiger partial charge in [-0.25, -0.2) is 4.39 Å². The number of carbonyl (C=O) groups excluding carboxylic acids is 1. The fraction of sp³-hybridized carbons (Fsp3) is 0.0952. The van der Waals surface area contributed by atoms with Crippen LogP contribution < -0.4 is 10.1 Å². The van der Waals surface area contributed by atoms with E-state index in [1.807, 2.05) is 60.7 Å². The minimum absolute atomic E-state index is 0.110. The molecule has 0 spiro atoms. The molecule has 3 rings (SSSR count). The van der Waals surface area contributed by atoms with Crippen molar-refractivity contribution in [2.75, 3.05) is 7.11 Å². The molecule has 1 N–H and O–H groups in total. The van der Waals surface area contributed by atoms with Crippen LogP contribution in [0.1, 0.15) is 27.5 Å². The number of halogens is 1. The molecular weight excluding hydrogens is 317 g/mol. The highest BCUT2D eigenvalue weighted by molar-refractivity contribution is 5.94. The van der Waals surface area contributed by atoms with Crippen molar-refractivity contribution >= 4 is 5.91 Å². The van der Waals surface area contributed by atoms with Crippen LogP contribution in [0, 0.1) is 5.82 Å². The van der Waals surface area contributed by atoms with E-state index < -0.39 is 5.82 Å². The Morgan fingerprint density at radius 1 is 0.920 bits per heavy atom. The quantitative estimate of drug-likeness (QED) is 0.752. The summed E-state index contributed by atoms with van der Waals surface area (Å²) in [5.41, 5.74) is 2.15. The first-order valence-electron chi connectivity index (χ1n) is 7.93. The molecule has 0 aromatic heterocycles. The van der Waals surface area contributed by atoms with E-state index in [-0.39, 0.29) is 23.3 Å². The summed E-state index contributed by atoms with van der Waals surface area (Å²) in [5.74, 6) is -0.801. The zero-order valence-electron chi connectivity index (χ0n) is 13.8. The first-order chi connectivity index (χ1) is 12.2. The fourth-order valence-corrected chi connectivity index (χ4v) is 2.67. The molecule has 3 aromatic rings. The van der Waals surface area contributed by atoms with Crippen molar-refractivity contribution in [3.63, 3.8) is 0 Å². The van der Waals surface area contributed by atoms with Crippen molar-refractivity contribution in [3.05, 3.63) is 101 Å². The van der Waals surface area contributed by atoms with Gasteiger partial charge in [0.1, 0.15) is 0 Å². The Morgan fingerprint density at radius 3 is 1.96 bits per heavy atom. The molecule has 3 aromatic carbocycles. The third kappa shape index (κ3) is 3.86. The van der Waals surface area contributed by atoms with Crippen molar-refractivity contribution < 1.29 is 13.9 Å². The summed E-state index contributed by atoms with van der Waals surface area (Å²) in [6, 6.07) is 23.2. The van der Waals surface area contributed by atoms with Gasteiger partial charge in [-0.3, -0.25) is 4.79 Å². The molecule has 4 heteroatoms. The Balaban J connectivity index is 1.90. The van der Waals surface area contributed by atoms with E-state index in [1.54, 1.807) is 6.07 Å². The molecule has 0 fully saturated rings. The minimum Gasteiger partial charge on any atom is -0.494 e. The van der Waals surface area contributed by atoms with Crippen molar-refractivity contribution in [2.45, 2.75) is 6.04 Å². The van der Waals surface area contributed by atoms with Gasteiger partial charge in [-0.1, -0.05) is 60.7 Å². The van der Waals surface area contributed by atoms with Crippen LogP contribution >= 0.6 is 0 Å². The Kier molecular flexibility index (Phi) is 5.09. The third-order valence-corrected chi connectivity index (χ3v) is 3.96. The number of benzene rings is 3. The Hall–Kier alpha value is -3.14. The summed E-state index contributed by atoms with van der Waals surface area (Å²) >= 11 is 0. The Morgan fingerprint density at radius 2 is 1.48 bits per heavy atom. The number of carbonyl (C=O) groups is 1. The van der Waals surface area contributed by atoms with Crippen LogP contribution in [0.3, 0.4) is 0 Å². The zero-order valence-corrected chi connectivity index (χ0v) is 13.8. The van der Waals surface area contributed by atoms with Gasteiger partial charge >= 0.3 is 0 Å². The van der Waals surface area contributed by atoms with Gasteiger partial charge < -0.3 is 10.1 Å². The maximum absolute atomic E-state index is 13.9. The van der Waals surface area contributed by atoms with E-state index in [9.17, 15) is 9.18 Å². The standard InChI is InChI=1S/C21H18FNO2/c1-25-19-13-12-17(14-18(19)22)21(24)23-20(15-8-4-2-5-9-15)16-10-6-3-7-11-16/h2-14,20H,1H3,(H,23,24). The number of nitrogens with one attached hydrogen (secondary N) is 1. The number of hydrogen-bond acceptors (Lipinski definition) is 2. The number of methoxy groups -OCH3 is 1. The van der Waals surface area contributed by atoms with Crippen LogP contribution in [0.25, 0.3) is 0 Å². The molecule has 1 amide bonds. The number of rotatable bonds is 5. The topological polar surface area (TPSA) is 38.3 Å². The molecule has 0 bridgehead atoms. The van der Waals surface area contributed by atoms with Gasteiger partial charge in [0.15, 0.2) is 11.6 Å². The lowest BCUT2D eigenvalue weighted by Crippen LogP contribution is -2.29. The van der Waals surface area contributed by atoms with Gasteiger partial charge in [-0.15, -0.1) is 0 Å². The molecule has 0 heterocycles. The van der Waals surface area contributed by atoms with Gasteiger partial charge in [-0.05, 0) is 29.3 Å². The van der Waals surface area contributed by atoms with E-state index in [0.717, 1.165) is 11.1 Å². The molecule has 126 valence electrons. The SMILES string of the molecule is COc1ccc(C(=O)NC(c2ccccc2)c2ccccc2)cc1F. The minimum atomic E-state index is -0.564. The highest BCUT2D eigenvalue weighted by Crippen LogP contribution is 2.23. The lowest BCUT2D eigenvalue weighted by molar-refractivity contribution is 0.0942. The molecule has 0 saturated heterocycles. The fourth-order valence-electron chi connectivity index (χ4n) is 2.67. The molecule has 0 unspecified atom stereocenters. The lowest BCUT2D eigenvalue weighted by Gasteiger charge is -2.20. The van der Waals surface area contributed by atoms with Crippen molar-refractivity contribution in [2.24, 2.45) is 0 Å². The summed E-state index contributed by atoms with van der Waals surface area (Å²) in [5, 5.41) is 2.98. The van der Waals surface area contributed by atoms with Gasteiger partial charge in [0.2, 0.25) is 0 Å². The van der Waals surface area contributed by atoms with Crippen LogP contribution in [-0.2, 0) is 0 Å². The molecule has 0 aliphatic carbocycles. The van der Waals surface area contributed by atoms with E-state index in [4.69, 9.17) is 4.74 Å². The summed E-state index contributed by atoms with van der Waals surface area (Å²) in [6.45, 7) is 0. The van der Waals surface area contributed by atoms with Crippen molar-refractivity contribution in [1.29, 1.82) is 0 Å². The third-order valence-electron chi connectivity index (χ3n) is 3.96. The molecule has 0 aliphatic heterocycles. The highest BCUT2D eigenvalue weighted by Gasteiger charge is 2.18. The number of ether oxygens (including phenoxy) is 1. The molecule has 0 aliphatic rings. The van der Waals surface area contributed by atoms with Crippen LogP contribution in [0.5, 0.6) is 5.75 Å². The average molecular weight is 335 g/mol. The largest absolute Gasteiger partial charge is 0.494 e. The van der Waals surface area contributed by atoms with Crippen LogP contribution in [0.15, 0.2) is 78.9 Å². The summed E-state index contributed by atoms with van der Waals surface area (Å²) in [6.07, 6.45) is 0. The van der Waals surface area contributed by atoms with E-state index in [1.165, 1.54) is 19.2 Å². The van der Waals surface area contributed by atoms with Crippen LogP contribution in [-0.4, -0.2) is 13.0 Å². The monoisotopic (exact) mass is 335 g/mol. The van der Waals surface area contributed by atoms with E-state index >= 15 is 0 Å². The summed E-state index contributed by atoms with van der Waals surface area (Å²) < 4.78 is 18.8. The zero-order chi connectivity index (χ0) is 17.6. The maximum Gasteiger partial charge on any atom is 0.252 e. The van der Waals surface area contributed by atoms with Crippen LogP contribution in [0.2, 0.25) is 0 Å². The van der Waals surface area contributed by atoms with E-state index in [2.05, 4.69) is 5.32 Å². The highest BCUT2D eigenvalue weighted by atomic mass is 19.1. The first kappa shape index (κ1) is 16.7. The smallest absolute Gasteiger partial charge is 0.252 e. The second-order valence-corrected chi connectivity index (χ2v) is 5.58. The van der Waals surface area contributed by atoms with Crippen molar-refractivity contribution in [3.8, 4) is 5.75 Å². The van der Waals surface area contributed by atoms with Gasteiger partial charge in [0.25, 0.3) is 5.91 Å². The molecule has 25 heavy (non-hydrogen) atoms. The predicted molar refractivity (Wildman–Crippen MR) is 95.1 cm³/mol. The molecule has 0 saturated carbocycles. The predicted octanol–water partition coefficient (Wildman–Crippen LogP) is 4.35. The van der Waals surface area contributed by atoms with Gasteiger partial charge in [-0.2, -0.15) is 0 Å². The summed E-state index contributed by atoms with van der Waals surface area (Å²) in [4.78, 5) is 12.6. The normalized spacial score (nSPS) is 10.5. The number of amides is 1. The molecule has 3 nitrogen and oxygen atoms in total. The second kappa shape index (κ2) is 7.62. The molecule has 0 radical (unpaired) electrons. The van der Waals surface area contributed by atoms with Gasteiger partial charge in [0, 0.05) is 5.56 Å². The Bertz CT molecular complexity index is 811. The lowest BCUT2D eigenvalue weighted by atomic mass is 9.98. The van der Waals surface area contributed by atoms with Crippen molar-refractivity contribution in [1.82, 2.24) is 5.32 Å². The average Bonchev–Trinajstić information content (AvgIpc) is 2.67. The van der Waals surface area contributed by atoms with Gasteiger partial charge in [0.05, 0.1) is 13.2 Å².